The Labute approximate surface area is 147 Å². The van der Waals surface area contributed by atoms with Crippen molar-refractivity contribution in [1.29, 1.82) is 0 Å². The number of furan rings is 1. The molecule has 8 heteroatoms. The standard InChI is InChI=1S/C16H14ClN3O3S/c1-10(11-4-2-5-12(17)8-11)18-14(21)9-24-16-20-19-15(23-16)13-6-3-7-22-13/h2-8,10H,9H2,1H3,(H,18,21). The number of carbonyl (C=O) groups is 1. The number of rotatable bonds is 6. The fourth-order valence-corrected chi connectivity index (χ4v) is 2.81. The van der Waals surface area contributed by atoms with E-state index in [4.69, 9.17) is 20.4 Å². The van der Waals surface area contributed by atoms with E-state index in [9.17, 15) is 4.79 Å². The van der Waals surface area contributed by atoms with Gasteiger partial charge in [-0.15, -0.1) is 10.2 Å². The predicted molar refractivity (Wildman–Crippen MR) is 90.7 cm³/mol. The summed E-state index contributed by atoms with van der Waals surface area (Å²) in [7, 11) is 0. The van der Waals surface area contributed by atoms with Gasteiger partial charge in [-0.25, -0.2) is 0 Å². The van der Waals surface area contributed by atoms with E-state index in [1.54, 1.807) is 18.2 Å². The van der Waals surface area contributed by atoms with Crippen molar-refractivity contribution in [2.45, 2.75) is 18.2 Å². The second-order valence-corrected chi connectivity index (χ2v) is 6.35. The van der Waals surface area contributed by atoms with Crippen molar-refractivity contribution in [3.8, 4) is 11.7 Å². The lowest BCUT2D eigenvalue weighted by Gasteiger charge is -2.14. The third-order valence-electron chi connectivity index (χ3n) is 3.19. The minimum Gasteiger partial charge on any atom is -0.459 e. The van der Waals surface area contributed by atoms with Crippen LogP contribution in [0.25, 0.3) is 11.7 Å². The van der Waals surface area contributed by atoms with E-state index in [0.717, 1.165) is 5.56 Å². The van der Waals surface area contributed by atoms with Crippen molar-refractivity contribution in [3.63, 3.8) is 0 Å². The molecule has 0 aliphatic heterocycles. The largest absolute Gasteiger partial charge is 0.459 e. The number of benzene rings is 1. The van der Waals surface area contributed by atoms with E-state index < -0.39 is 0 Å². The van der Waals surface area contributed by atoms with E-state index in [0.29, 0.717) is 16.0 Å². The number of hydrogen-bond acceptors (Lipinski definition) is 6. The molecular weight excluding hydrogens is 350 g/mol. The number of amides is 1. The first-order valence-electron chi connectivity index (χ1n) is 7.17. The van der Waals surface area contributed by atoms with Gasteiger partial charge in [0.2, 0.25) is 5.91 Å². The second-order valence-electron chi connectivity index (χ2n) is 4.98. The topological polar surface area (TPSA) is 81.2 Å². The van der Waals surface area contributed by atoms with Crippen LogP contribution in [0.4, 0.5) is 0 Å². The lowest BCUT2D eigenvalue weighted by Crippen LogP contribution is -2.28. The highest BCUT2D eigenvalue weighted by atomic mass is 35.5. The van der Waals surface area contributed by atoms with Crippen molar-refractivity contribution in [2.24, 2.45) is 0 Å². The van der Waals surface area contributed by atoms with Crippen LogP contribution >= 0.6 is 23.4 Å². The van der Waals surface area contributed by atoms with Crippen LogP contribution in [0.15, 0.2) is 56.7 Å². The number of hydrogen-bond donors (Lipinski definition) is 1. The van der Waals surface area contributed by atoms with Crippen LogP contribution in [-0.2, 0) is 4.79 Å². The van der Waals surface area contributed by atoms with Gasteiger partial charge in [-0.05, 0) is 36.8 Å². The summed E-state index contributed by atoms with van der Waals surface area (Å²) >= 11 is 7.13. The smallest absolute Gasteiger partial charge is 0.284 e. The van der Waals surface area contributed by atoms with Gasteiger partial charge in [0.25, 0.3) is 11.1 Å². The number of nitrogens with zero attached hydrogens (tertiary/aromatic N) is 2. The molecule has 0 aliphatic rings. The molecule has 1 unspecified atom stereocenters. The molecule has 0 bridgehead atoms. The molecule has 24 heavy (non-hydrogen) atoms. The molecule has 0 aliphatic carbocycles. The Bertz CT molecular complexity index is 820. The Kier molecular flexibility index (Phi) is 5.22. The third kappa shape index (κ3) is 4.18. The highest BCUT2D eigenvalue weighted by molar-refractivity contribution is 7.99. The maximum absolute atomic E-state index is 12.0. The molecule has 0 spiro atoms. The monoisotopic (exact) mass is 363 g/mol. The van der Waals surface area contributed by atoms with Gasteiger partial charge in [0.15, 0.2) is 5.76 Å². The highest BCUT2D eigenvalue weighted by Crippen LogP contribution is 2.23. The average Bonchev–Trinajstić information content (AvgIpc) is 3.24. The number of aromatic nitrogens is 2. The Hall–Kier alpha value is -2.25. The van der Waals surface area contributed by atoms with Crippen molar-refractivity contribution in [3.05, 3.63) is 53.2 Å². The fraction of sp³-hybridized carbons (Fsp3) is 0.188. The van der Waals surface area contributed by atoms with E-state index in [-0.39, 0.29) is 23.6 Å². The molecule has 1 atom stereocenters. The van der Waals surface area contributed by atoms with Crippen molar-refractivity contribution < 1.29 is 13.6 Å². The van der Waals surface area contributed by atoms with Crippen molar-refractivity contribution in [1.82, 2.24) is 15.5 Å². The Balaban J connectivity index is 1.52. The fourth-order valence-electron chi connectivity index (χ4n) is 2.04. The highest BCUT2D eigenvalue weighted by Gasteiger charge is 2.14. The molecule has 6 nitrogen and oxygen atoms in total. The quantitative estimate of drug-likeness (QED) is 0.668. The second kappa shape index (κ2) is 7.55. The number of nitrogens with one attached hydrogen (secondary N) is 1. The molecule has 2 heterocycles. The molecule has 1 amide bonds. The molecule has 0 saturated heterocycles. The lowest BCUT2D eigenvalue weighted by molar-refractivity contribution is -0.119. The zero-order valence-electron chi connectivity index (χ0n) is 12.7. The minimum atomic E-state index is -0.141. The van der Waals surface area contributed by atoms with Crippen LogP contribution in [-0.4, -0.2) is 21.9 Å². The Morgan fingerprint density at radius 1 is 1.33 bits per heavy atom. The van der Waals surface area contributed by atoms with Gasteiger partial charge in [0.1, 0.15) is 0 Å². The molecule has 2 aromatic heterocycles. The maximum atomic E-state index is 12.0. The first-order valence-corrected chi connectivity index (χ1v) is 8.53. The Morgan fingerprint density at radius 3 is 2.96 bits per heavy atom. The van der Waals surface area contributed by atoms with Gasteiger partial charge in [0.05, 0.1) is 18.1 Å². The Morgan fingerprint density at radius 2 is 2.21 bits per heavy atom. The normalized spacial score (nSPS) is 12.1. The summed E-state index contributed by atoms with van der Waals surface area (Å²) in [5.41, 5.74) is 0.943. The van der Waals surface area contributed by atoms with Gasteiger partial charge in [-0.2, -0.15) is 0 Å². The first-order chi connectivity index (χ1) is 11.6. The third-order valence-corrected chi connectivity index (χ3v) is 4.24. The van der Waals surface area contributed by atoms with Crippen LogP contribution in [0.3, 0.4) is 0 Å². The van der Waals surface area contributed by atoms with Gasteiger partial charge >= 0.3 is 0 Å². The molecule has 0 saturated carbocycles. The summed E-state index contributed by atoms with van der Waals surface area (Å²) in [4.78, 5) is 12.0. The van der Waals surface area contributed by atoms with Gasteiger partial charge in [-0.1, -0.05) is 35.5 Å². The van der Waals surface area contributed by atoms with Gasteiger partial charge in [-0.3, -0.25) is 4.79 Å². The average molecular weight is 364 g/mol. The number of carbonyl (C=O) groups excluding carboxylic acids is 1. The summed E-state index contributed by atoms with van der Waals surface area (Å²) in [5, 5.41) is 11.6. The summed E-state index contributed by atoms with van der Waals surface area (Å²) in [6.45, 7) is 1.90. The molecule has 0 fully saturated rings. The van der Waals surface area contributed by atoms with Crippen LogP contribution in [0.1, 0.15) is 18.5 Å². The molecule has 1 N–H and O–H groups in total. The molecule has 3 rings (SSSR count). The molecule has 3 aromatic rings. The summed E-state index contributed by atoms with van der Waals surface area (Å²) in [6.07, 6.45) is 1.52. The lowest BCUT2D eigenvalue weighted by atomic mass is 10.1. The molecule has 1 aromatic carbocycles. The van der Waals surface area contributed by atoms with E-state index in [2.05, 4.69) is 15.5 Å². The number of halogens is 1. The van der Waals surface area contributed by atoms with Crippen molar-refractivity contribution >= 4 is 29.3 Å². The van der Waals surface area contributed by atoms with Crippen LogP contribution in [0.2, 0.25) is 5.02 Å². The SMILES string of the molecule is CC(NC(=O)CSc1nnc(-c2ccco2)o1)c1cccc(Cl)c1. The molecule has 124 valence electrons. The molecular formula is C16H14ClN3O3S. The van der Waals surface area contributed by atoms with Crippen molar-refractivity contribution in [2.75, 3.05) is 5.75 Å². The van der Waals surface area contributed by atoms with Gasteiger partial charge in [0, 0.05) is 5.02 Å². The predicted octanol–water partition coefficient (Wildman–Crippen LogP) is 3.95. The maximum Gasteiger partial charge on any atom is 0.284 e. The van der Waals surface area contributed by atoms with Crippen LogP contribution < -0.4 is 5.32 Å². The van der Waals surface area contributed by atoms with E-state index >= 15 is 0 Å². The minimum absolute atomic E-state index is 0.134. The van der Waals surface area contributed by atoms with E-state index in [1.165, 1.54) is 18.0 Å². The van der Waals surface area contributed by atoms with Crippen LogP contribution in [0, 0.1) is 0 Å². The number of thioether (sulfide) groups is 1. The zero-order chi connectivity index (χ0) is 16.9. The van der Waals surface area contributed by atoms with Crippen LogP contribution in [0.5, 0.6) is 0 Å². The summed E-state index contributed by atoms with van der Waals surface area (Å²) < 4.78 is 10.6. The summed E-state index contributed by atoms with van der Waals surface area (Å²) in [5.74, 6) is 0.818. The zero-order valence-corrected chi connectivity index (χ0v) is 14.3. The van der Waals surface area contributed by atoms with E-state index in [1.807, 2.05) is 25.1 Å². The summed E-state index contributed by atoms with van der Waals surface area (Å²) in [6, 6.07) is 10.7. The molecule has 0 radical (unpaired) electrons. The first kappa shape index (κ1) is 16.6. The van der Waals surface area contributed by atoms with Gasteiger partial charge < -0.3 is 14.2 Å².